The first-order valence-electron chi connectivity index (χ1n) is 7.81. The Morgan fingerprint density at radius 2 is 1.96 bits per heavy atom. The molecule has 0 aliphatic carbocycles. The zero-order chi connectivity index (χ0) is 17.6. The van der Waals surface area contributed by atoms with Gasteiger partial charge in [-0.15, -0.1) is 0 Å². The molecule has 1 atom stereocenters. The monoisotopic (exact) mass is 335 g/mol. The van der Waals surface area contributed by atoms with Crippen LogP contribution in [0, 0.1) is 0 Å². The van der Waals surface area contributed by atoms with Gasteiger partial charge in [0.25, 0.3) is 5.91 Å². The van der Waals surface area contributed by atoms with E-state index in [4.69, 9.17) is 4.74 Å². The zero-order valence-electron chi connectivity index (χ0n) is 13.7. The molecule has 0 unspecified atom stereocenters. The number of amides is 1. The molecule has 2 aromatic heterocycles. The Balaban J connectivity index is 1.80. The van der Waals surface area contributed by atoms with E-state index in [0.717, 1.165) is 10.9 Å². The Labute approximate surface area is 144 Å². The topological polar surface area (TPSA) is 81.2 Å². The molecule has 1 amide bonds. The molecule has 0 saturated carbocycles. The van der Waals surface area contributed by atoms with Crippen molar-refractivity contribution in [2.75, 3.05) is 7.11 Å². The predicted molar refractivity (Wildman–Crippen MR) is 93.0 cm³/mol. The quantitative estimate of drug-likeness (QED) is 0.723. The third-order valence-corrected chi connectivity index (χ3v) is 3.78. The van der Waals surface area contributed by atoms with Crippen LogP contribution in [0.3, 0.4) is 0 Å². The SMILES string of the molecule is COC(=O)[C@H](Cc1ccc2ccccc2n1)NC(=O)c1cccnc1. The molecule has 6 nitrogen and oxygen atoms in total. The molecule has 0 saturated heterocycles. The van der Waals surface area contributed by atoms with Crippen molar-refractivity contribution in [3.05, 3.63) is 72.2 Å². The maximum absolute atomic E-state index is 12.3. The highest BCUT2D eigenvalue weighted by atomic mass is 16.5. The Hall–Kier alpha value is -3.28. The summed E-state index contributed by atoms with van der Waals surface area (Å²) in [7, 11) is 1.29. The second-order valence-electron chi connectivity index (χ2n) is 5.49. The fraction of sp³-hybridized carbons (Fsp3) is 0.158. The van der Waals surface area contributed by atoms with Crippen LogP contribution in [0.15, 0.2) is 60.9 Å². The van der Waals surface area contributed by atoms with Crippen molar-refractivity contribution >= 4 is 22.8 Å². The van der Waals surface area contributed by atoms with E-state index in [2.05, 4.69) is 15.3 Å². The normalized spacial score (nSPS) is 11.7. The molecule has 1 aromatic carbocycles. The lowest BCUT2D eigenvalue weighted by atomic mass is 10.1. The minimum absolute atomic E-state index is 0.240. The van der Waals surface area contributed by atoms with Crippen LogP contribution in [0.5, 0.6) is 0 Å². The molecule has 0 fully saturated rings. The number of carbonyl (C=O) groups is 2. The van der Waals surface area contributed by atoms with Crippen LogP contribution >= 0.6 is 0 Å². The Kier molecular flexibility index (Phi) is 4.99. The van der Waals surface area contributed by atoms with Crippen LogP contribution in [0.4, 0.5) is 0 Å². The predicted octanol–water partition coefficient (Wildman–Crippen LogP) is 2.14. The van der Waals surface area contributed by atoms with E-state index >= 15 is 0 Å². The summed E-state index contributed by atoms with van der Waals surface area (Å²) in [6.45, 7) is 0. The summed E-state index contributed by atoms with van der Waals surface area (Å²) < 4.78 is 4.81. The number of hydrogen-bond donors (Lipinski definition) is 1. The standard InChI is InChI=1S/C19H17N3O3/c1-25-19(24)17(22-18(23)14-6-4-10-20-12-14)11-15-9-8-13-5-2-3-7-16(13)21-15/h2-10,12,17H,11H2,1H3,(H,22,23)/t17-/m0/s1. The summed E-state index contributed by atoms with van der Waals surface area (Å²) >= 11 is 0. The number of methoxy groups -OCH3 is 1. The fourth-order valence-electron chi connectivity index (χ4n) is 2.51. The molecule has 3 rings (SSSR count). The van der Waals surface area contributed by atoms with Gasteiger partial charge in [-0.3, -0.25) is 14.8 Å². The van der Waals surface area contributed by atoms with Crippen LogP contribution in [-0.4, -0.2) is 35.0 Å². The third kappa shape index (κ3) is 3.98. The van der Waals surface area contributed by atoms with E-state index < -0.39 is 12.0 Å². The molecule has 1 N–H and O–H groups in total. The number of nitrogens with one attached hydrogen (secondary N) is 1. The number of para-hydroxylation sites is 1. The number of nitrogens with zero attached hydrogens (tertiary/aromatic N) is 2. The second-order valence-corrected chi connectivity index (χ2v) is 5.49. The molecule has 0 bridgehead atoms. The molecular weight excluding hydrogens is 318 g/mol. The van der Waals surface area contributed by atoms with Crippen molar-refractivity contribution in [2.24, 2.45) is 0 Å². The van der Waals surface area contributed by atoms with Crippen LogP contribution in [0.1, 0.15) is 16.1 Å². The molecule has 2 heterocycles. The lowest BCUT2D eigenvalue weighted by Gasteiger charge is -2.16. The van der Waals surface area contributed by atoms with Crippen molar-refractivity contribution in [1.82, 2.24) is 15.3 Å². The zero-order valence-corrected chi connectivity index (χ0v) is 13.7. The number of carbonyl (C=O) groups excluding carboxylic acids is 2. The minimum Gasteiger partial charge on any atom is -0.467 e. The number of benzene rings is 1. The van der Waals surface area contributed by atoms with Gasteiger partial charge in [-0.2, -0.15) is 0 Å². The summed E-state index contributed by atoms with van der Waals surface area (Å²) in [6.07, 6.45) is 3.26. The number of pyridine rings is 2. The van der Waals surface area contributed by atoms with Crippen molar-refractivity contribution in [2.45, 2.75) is 12.5 Å². The van der Waals surface area contributed by atoms with Gasteiger partial charge >= 0.3 is 5.97 Å². The Morgan fingerprint density at radius 1 is 1.12 bits per heavy atom. The lowest BCUT2D eigenvalue weighted by Crippen LogP contribution is -2.43. The summed E-state index contributed by atoms with van der Waals surface area (Å²) in [4.78, 5) is 32.8. The molecule has 6 heteroatoms. The van der Waals surface area contributed by atoms with Crippen LogP contribution in [0.2, 0.25) is 0 Å². The van der Waals surface area contributed by atoms with Gasteiger partial charge in [0.05, 0.1) is 18.2 Å². The number of hydrogen-bond acceptors (Lipinski definition) is 5. The van der Waals surface area contributed by atoms with Gasteiger partial charge < -0.3 is 10.1 Å². The van der Waals surface area contributed by atoms with E-state index in [1.807, 2.05) is 36.4 Å². The highest BCUT2D eigenvalue weighted by molar-refractivity contribution is 5.96. The smallest absolute Gasteiger partial charge is 0.328 e. The minimum atomic E-state index is -0.827. The summed E-state index contributed by atoms with van der Waals surface area (Å²) in [5.41, 5.74) is 1.91. The van der Waals surface area contributed by atoms with E-state index in [0.29, 0.717) is 11.3 Å². The molecule has 126 valence electrons. The van der Waals surface area contributed by atoms with Gasteiger partial charge in [0.15, 0.2) is 0 Å². The number of rotatable bonds is 5. The van der Waals surface area contributed by atoms with E-state index in [1.165, 1.54) is 13.3 Å². The molecular formula is C19H17N3O3. The summed E-state index contributed by atoms with van der Waals surface area (Å²) in [6, 6.07) is 14.0. The summed E-state index contributed by atoms with van der Waals surface area (Å²) in [5, 5.41) is 3.70. The number of aromatic nitrogens is 2. The molecule has 0 radical (unpaired) electrons. The first kappa shape index (κ1) is 16.6. The maximum Gasteiger partial charge on any atom is 0.328 e. The lowest BCUT2D eigenvalue weighted by molar-refractivity contribution is -0.142. The Morgan fingerprint density at radius 3 is 2.72 bits per heavy atom. The van der Waals surface area contributed by atoms with Crippen LogP contribution in [0.25, 0.3) is 10.9 Å². The van der Waals surface area contributed by atoms with Crippen LogP contribution < -0.4 is 5.32 Å². The third-order valence-electron chi connectivity index (χ3n) is 3.78. The van der Waals surface area contributed by atoms with E-state index in [1.54, 1.807) is 18.3 Å². The highest BCUT2D eigenvalue weighted by Gasteiger charge is 2.23. The maximum atomic E-state index is 12.3. The number of fused-ring (bicyclic) bond motifs is 1. The molecule has 0 aliphatic heterocycles. The fourth-order valence-corrected chi connectivity index (χ4v) is 2.51. The highest BCUT2D eigenvalue weighted by Crippen LogP contribution is 2.13. The van der Waals surface area contributed by atoms with E-state index in [9.17, 15) is 9.59 Å². The van der Waals surface area contributed by atoms with Gasteiger partial charge in [-0.25, -0.2) is 4.79 Å². The molecule has 25 heavy (non-hydrogen) atoms. The average molecular weight is 335 g/mol. The van der Waals surface area contributed by atoms with Crippen LogP contribution in [-0.2, 0) is 16.0 Å². The molecule has 0 spiro atoms. The first-order chi connectivity index (χ1) is 12.2. The van der Waals surface area contributed by atoms with Gasteiger partial charge in [0, 0.05) is 29.9 Å². The van der Waals surface area contributed by atoms with Crippen molar-refractivity contribution in [3.8, 4) is 0 Å². The van der Waals surface area contributed by atoms with E-state index in [-0.39, 0.29) is 12.3 Å². The van der Waals surface area contributed by atoms with Crippen molar-refractivity contribution in [3.63, 3.8) is 0 Å². The number of esters is 1. The first-order valence-corrected chi connectivity index (χ1v) is 7.81. The second kappa shape index (κ2) is 7.53. The Bertz CT molecular complexity index is 897. The largest absolute Gasteiger partial charge is 0.467 e. The van der Waals surface area contributed by atoms with Crippen molar-refractivity contribution in [1.29, 1.82) is 0 Å². The summed E-state index contributed by atoms with van der Waals surface area (Å²) in [5.74, 6) is -0.906. The molecule has 3 aromatic rings. The average Bonchev–Trinajstić information content (AvgIpc) is 2.67. The number of ether oxygens (including phenoxy) is 1. The van der Waals surface area contributed by atoms with Gasteiger partial charge in [-0.05, 0) is 24.3 Å². The van der Waals surface area contributed by atoms with Gasteiger partial charge in [-0.1, -0.05) is 24.3 Å². The van der Waals surface area contributed by atoms with Gasteiger partial charge in [0.2, 0.25) is 0 Å². The van der Waals surface area contributed by atoms with Crippen molar-refractivity contribution < 1.29 is 14.3 Å². The molecule has 0 aliphatic rings. The van der Waals surface area contributed by atoms with Gasteiger partial charge in [0.1, 0.15) is 6.04 Å².